The average molecular weight is 314 g/mol. The number of hydrogen-bond donors (Lipinski definition) is 2. The van der Waals surface area contributed by atoms with Crippen LogP contribution in [0, 0.1) is 5.92 Å². The Bertz CT molecular complexity index is 756. The Morgan fingerprint density at radius 1 is 1.43 bits per heavy atom. The van der Waals surface area contributed by atoms with E-state index in [0.717, 1.165) is 25.9 Å². The summed E-state index contributed by atoms with van der Waals surface area (Å²) in [4.78, 5) is 33.6. The number of aromatic nitrogens is 2. The second-order valence-electron chi connectivity index (χ2n) is 6.17. The molecule has 1 fully saturated rings. The number of hydrogen-bond acceptors (Lipinski definition) is 4. The summed E-state index contributed by atoms with van der Waals surface area (Å²) in [5.74, 6) is 0.770. The monoisotopic (exact) mass is 314 g/mol. The van der Waals surface area contributed by atoms with Crippen molar-refractivity contribution >= 4 is 16.8 Å². The van der Waals surface area contributed by atoms with Gasteiger partial charge in [-0.1, -0.05) is 12.1 Å². The Kier molecular flexibility index (Phi) is 4.71. The molecule has 6 nitrogen and oxygen atoms in total. The zero-order chi connectivity index (χ0) is 16.2. The smallest absolute Gasteiger partial charge is 0.258 e. The molecule has 0 bridgehead atoms. The maximum atomic E-state index is 12.2. The van der Waals surface area contributed by atoms with E-state index in [1.54, 1.807) is 6.07 Å². The fraction of sp³-hybridized carbons (Fsp3) is 0.471. The minimum Gasteiger partial charge on any atom is -0.355 e. The standard InChI is InChI=1S/C17H22N4O2/c1-21-10-4-5-12(11-21)16(22)18-9-8-15-19-14-7-3-2-6-13(14)17(23)20-15/h2-3,6-7,12H,4-5,8-11H2,1H3,(H,18,22)(H,19,20,23)/t12-/m1/s1. The fourth-order valence-electron chi connectivity index (χ4n) is 3.08. The molecule has 1 aromatic carbocycles. The number of H-pyrrole nitrogens is 1. The summed E-state index contributed by atoms with van der Waals surface area (Å²) in [6, 6.07) is 7.26. The van der Waals surface area contributed by atoms with Gasteiger partial charge >= 0.3 is 0 Å². The maximum absolute atomic E-state index is 12.2. The summed E-state index contributed by atoms with van der Waals surface area (Å²) in [6.07, 6.45) is 2.53. The van der Waals surface area contributed by atoms with Gasteiger partial charge in [0.2, 0.25) is 5.91 Å². The van der Waals surface area contributed by atoms with Gasteiger partial charge in [0, 0.05) is 19.5 Å². The summed E-state index contributed by atoms with van der Waals surface area (Å²) in [6.45, 7) is 2.36. The highest BCUT2D eigenvalue weighted by Crippen LogP contribution is 2.14. The third kappa shape index (κ3) is 3.76. The third-order valence-corrected chi connectivity index (χ3v) is 4.32. The van der Waals surface area contributed by atoms with Crippen molar-refractivity contribution in [3.8, 4) is 0 Å². The topological polar surface area (TPSA) is 78.1 Å². The third-order valence-electron chi connectivity index (χ3n) is 4.32. The van der Waals surface area contributed by atoms with Crippen LogP contribution in [-0.4, -0.2) is 47.5 Å². The molecule has 2 N–H and O–H groups in total. The number of fused-ring (bicyclic) bond motifs is 1. The minimum atomic E-state index is -0.133. The van der Waals surface area contributed by atoms with Gasteiger partial charge in [0.15, 0.2) is 0 Å². The van der Waals surface area contributed by atoms with E-state index in [2.05, 4.69) is 20.2 Å². The Labute approximate surface area is 134 Å². The summed E-state index contributed by atoms with van der Waals surface area (Å²) < 4.78 is 0. The molecule has 2 heterocycles. The van der Waals surface area contributed by atoms with E-state index in [0.29, 0.717) is 29.7 Å². The van der Waals surface area contributed by atoms with E-state index in [9.17, 15) is 9.59 Å². The van der Waals surface area contributed by atoms with Crippen LogP contribution in [0.15, 0.2) is 29.1 Å². The van der Waals surface area contributed by atoms with Gasteiger partial charge in [0.05, 0.1) is 16.8 Å². The first-order valence-corrected chi connectivity index (χ1v) is 8.07. The lowest BCUT2D eigenvalue weighted by Gasteiger charge is -2.28. The normalized spacial score (nSPS) is 18.9. The van der Waals surface area contributed by atoms with Gasteiger partial charge in [-0.05, 0) is 38.6 Å². The Morgan fingerprint density at radius 2 is 2.26 bits per heavy atom. The summed E-state index contributed by atoms with van der Waals surface area (Å²) in [7, 11) is 2.04. The number of likely N-dealkylation sites (tertiary alicyclic amines) is 1. The van der Waals surface area contributed by atoms with Gasteiger partial charge in [0.1, 0.15) is 5.82 Å². The summed E-state index contributed by atoms with van der Waals surface area (Å²) in [5.41, 5.74) is 0.553. The van der Waals surface area contributed by atoms with E-state index in [1.807, 2.05) is 25.2 Å². The Hall–Kier alpha value is -2.21. The molecule has 3 rings (SSSR count). The molecule has 2 aromatic rings. The predicted molar refractivity (Wildman–Crippen MR) is 89.3 cm³/mol. The minimum absolute atomic E-state index is 0.0670. The number of carbonyl (C=O) groups is 1. The summed E-state index contributed by atoms with van der Waals surface area (Å²) >= 11 is 0. The van der Waals surface area contributed by atoms with Crippen LogP contribution in [0.5, 0.6) is 0 Å². The number of nitrogens with zero attached hydrogens (tertiary/aromatic N) is 2. The number of piperidine rings is 1. The second-order valence-corrected chi connectivity index (χ2v) is 6.17. The van der Waals surface area contributed by atoms with Crippen LogP contribution >= 0.6 is 0 Å². The van der Waals surface area contributed by atoms with Crippen LogP contribution in [0.1, 0.15) is 18.7 Å². The number of aromatic amines is 1. The van der Waals surface area contributed by atoms with Gasteiger partial charge in [-0.2, -0.15) is 0 Å². The van der Waals surface area contributed by atoms with Crippen LogP contribution < -0.4 is 10.9 Å². The largest absolute Gasteiger partial charge is 0.355 e. The van der Waals surface area contributed by atoms with Gasteiger partial charge < -0.3 is 15.2 Å². The molecule has 1 atom stereocenters. The van der Waals surface area contributed by atoms with E-state index in [-0.39, 0.29) is 17.4 Å². The molecule has 1 aromatic heterocycles. The lowest BCUT2D eigenvalue weighted by molar-refractivity contribution is -0.126. The van der Waals surface area contributed by atoms with Crippen LogP contribution in [0.3, 0.4) is 0 Å². The van der Waals surface area contributed by atoms with Crippen LogP contribution in [0.2, 0.25) is 0 Å². The quantitative estimate of drug-likeness (QED) is 0.880. The van der Waals surface area contributed by atoms with Crippen molar-refractivity contribution in [1.82, 2.24) is 20.2 Å². The van der Waals surface area contributed by atoms with Crippen LogP contribution in [0.25, 0.3) is 10.9 Å². The zero-order valence-electron chi connectivity index (χ0n) is 13.3. The zero-order valence-corrected chi connectivity index (χ0v) is 13.3. The van der Waals surface area contributed by atoms with Crippen LogP contribution in [-0.2, 0) is 11.2 Å². The Morgan fingerprint density at radius 3 is 3.09 bits per heavy atom. The first kappa shape index (κ1) is 15.7. The lowest BCUT2D eigenvalue weighted by Crippen LogP contribution is -2.42. The van der Waals surface area contributed by atoms with E-state index >= 15 is 0 Å². The van der Waals surface area contributed by atoms with E-state index in [1.165, 1.54) is 0 Å². The van der Waals surface area contributed by atoms with Crippen LogP contribution in [0.4, 0.5) is 0 Å². The van der Waals surface area contributed by atoms with Crippen molar-refractivity contribution in [2.75, 3.05) is 26.7 Å². The second kappa shape index (κ2) is 6.91. The SMILES string of the molecule is CN1CCC[C@@H](C(=O)NCCc2nc3ccccc3c(=O)[nH]2)C1. The molecule has 1 amide bonds. The molecular weight excluding hydrogens is 292 g/mol. The molecule has 0 spiro atoms. The van der Waals surface area contributed by atoms with E-state index < -0.39 is 0 Å². The first-order valence-electron chi connectivity index (χ1n) is 8.07. The Balaban J connectivity index is 1.58. The maximum Gasteiger partial charge on any atom is 0.258 e. The molecule has 1 saturated heterocycles. The summed E-state index contributed by atoms with van der Waals surface area (Å²) in [5, 5.41) is 3.55. The van der Waals surface area contributed by atoms with Gasteiger partial charge in [-0.15, -0.1) is 0 Å². The predicted octanol–water partition coefficient (Wildman–Crippen LogP) is 0.924. The van der Waals surface area contributed by atoms with E-state index in [4.69, 9.17) is 0 Å². The lowest BCUT2D eigenvalue weighted by atomic mass is 9.97. The molecule has 1 aliphatic heterocycles. The van der Waals surface area contributed by atoms with Crippen molar-refractivity contribution in [3.63, 3.8) is 0 Å². The van der Waals surface area contributed by atoms with Crippen molar-refractivity contribution in [2.24, 2.45) is 5.92 Å². The molecule has 0 aliphatic carbocycles. The number of carbonyl (C=O) groups excluding carboxylic acids is 1. The fourth-order valence-corrected chi connectivity index (χ4v) is 3.08. The number of rotatable bonds is 4. The highest BCUT2D eigenvalue weighted by molar-refractivity contribution is 5.79. The average Bonchev–Trinajstić information content (AvgIpc) is 2.55. The molecule has 122 valence electrons. The highest BCUT2D eigenvalue weighted by atomic mass is 16.2. The number of nitrogens with one attached hydrogen (secondary N) is 2. The van der Waals surface area contributed by atoms with Crippen molar-refractivity contribution < 1.29 is 4.79 Å². The van der Waals surface area contributed by atoms with Crippen molar-refractivity contribution in [2.45, 2.75) is 19.3 Å². The number of benzene rings is 1. The van der Waals surface area contributed by atoms with Gasteiger partial charge in [0.25, 0.3) is 5.56 Å². The molecule has 0 unspecified atom stereocenters. The molecule has 0 radical (unpaired) electrons. The van der Waals surface area contributed by atoms with Gasteiger partial charge in [-0.25, -0.2) is 4.98 Å². The number of amides is 1. The van der Waals surface area contributed by atoms with Crippen molar-refractivity contribution in [1.29, 1.82) is 0 Å². The van der Waals surface area contributed by atoms with Crippen molar-refractivity contribution in [3.05, 3.63) is 40.4 Å². The molecule has 6 heteroatoms. The number of para-hydroxylation sites is 1. The molecule has 0 saturated carbocycles. The highest BCUT2D eigenvalue weighted by Gasteiger charge is 2.23. The molecule has 23 heavy (non-hydrogen) atoms. The molecule has 1 aliphatic rings. The first-order chi connectivity index (χ1) is 11.1. The molecular formula is C17H22N4O2. The van der Waals surface area contributed by atoms with Gasteiger partial charge in [-0.3, -0.25) is 9.59 Å².